The van der Waals surface area contributed by atoms with Gasteiger partial charge in [-0.1, -0.05) is 0 Å². The van der Waals surface area contributed by atoms with Crippen LogP contribution in [-0.4, -0.2) is 23.1 Å². The summed E-state index contributed by atoms with van der Waals surface area (Å²) in [4.78, 5) is 8.33. The van der Waals surface area contributed by atoms with Crippen molar-refractivity contribution >= 4 is 0 Å². The van der Waals surface area contributed by atoms with Gasteiger partial charge in [0.2, 0.25) is 0 Å². The summed E-state index contributed by atoms with van der Waals surface area (Å²) >= 11 is 0. The maximum absolute atomic E-state index is 4.16. The van der Waals surface area contributed by atoms with Crippen molar-refractivity contribution in [2.75, 3.05) is 13.1 Å². The van der Waals surface area contributed by atoms with E-state index >= 15 is 0 Å². The predicted molar refractivity (Wildman–Crippen MR) is 63.1 cm³/mol. The molecule has 0 spiro atoms. The molecule has 1 saturated carbocycles. The Morgan fingerprint density at radius 3 is 2.75 bits per heavy atom. The van der Waals surface area contributed by atoms with E-state index < -0.39 is 0 Å². The molecule has 1 aliphatic heterocycles. The van der Waals surface area contributed by atoms with Gasteiger partial charge in [-0.2, -0.15) is 0 Å². The van der Waals surface area contributed by atoms with Crippen LogP contribution in [0.15, 0.2) is 18.7 Å². The highest BCUT2D eigenvalue weighted by atomic mass is 14.9. The first-order chi connectivity index (χ1) is 7.93. The number of aromatic nitrogens is 2. The lowest BCUT2D eigenvalue weighted by molar-refractivity contribution is 0.385. The third kappa shape index (κ3) is 1.96. The summed E-state index contributed by atoms with van der Waals surface area (Å²) in [6.45, 7) is 2.39. The molecule has 0 amide bonds. The summed E-state index contributed by atoms with van der Waals surface area (Å²) < 4.78 is 0. The van der Waals surface area contributed by atoms with E-state index in [9.17, 15) is 0 Å². The summed E-state index contributed by atoms with van der Waals surface area (Å²) in [5.41, 5.74) is 1.36. The molecule has 2 aliphatic rings. The normalized spacial score (nSPS) is 34.4. The quantitative estimate of drug-likeness (QED) is 0.781. The SMILES string of the molecule is c1ncc(C2CC3CCNCCC2C3)cn1. The first kappa shape index (κ1) is 10.2. The van der Waals surface area contributed by atoms with E-state index in [0.29, 0.717) is 5.92 Å². The Kier molecular flexibility index (Phi) is 2.87. The lowest BCUT2D eigenvalue weighted by atomic mass is 9.88. The molecule has 3 heteroatoms. The van der Waals surface area contributed by atoms with Crippen LogP contribution in [0, 0.1) is 11.8 Å². The average Bonchev–Trinajstić information content (AvgIpc) is 2.72. The van der Waals surface area contributed by atoms with Crippen LogP contribution in [0.2, 0.25) is 0 Å². The first-order valence-corrected chi connectivity index (χ1v) is 6.39. The molecule has 3 rings (SSSR count). The van der Waals surface area contributed by atoms with Gasteiger partial charge in [-0.25, -0.2) is 9.97 Å². The van der Waals surface area contributed by atoms with Crippen LogP contribution in [0.3, 0.4) is 0 Å². The van der Waals surface area contributed by atoms with E-state index in [0.717, 1.165) is 11.8 Å². The molecule has 0 radical (unpaired) electrons. The van der Waals surface area contributed by atoms with Crippen LogP contribution in [0.25, 0.3) is 0 Å². The molecular weight excluding hydrogens is 198 g/mol. The lowest BCUT2D eigenvalue weighted by Crippen LogP contribution is -2.23. The van der Waals surface area contributed by atoms with Gasteiger partial charge < -0.3 is 5.32 Å². The Morgan fingerprint density at radius 2 is 1.88 bits per heavy atom. The minimum atomic E-state index is 0.714. The molecule has 3 unspecified atom stereocenters. The highest BCUT2D eigenvalue weighted by molar-refractivity contribution is 5.14. The topological polar surface area (TPSA) is 37.8 Å². The Balaban J connectivity index is 1.80. The van der Waals surface area contributed by atoms with Crippen molar-refractivity contribution in [3.8, 4) is 0 Å². The molecule has 2 fully saturated rings. The molecule has 3 nitrogen and oxygen atoms in total. The number of nitrogens with zero attached hydrogens (tertiary/aromatic N) is 2. The van der Waals surface area contributed by atoms with Crippen LogP contribution >= 0.6 is 0 Å². The van der Waals surface area contributed by atoms with Gasteiger partial charge in [-0.15, -0.1) is 0 Å². The maximum atomic E-state index is 4.16. The predicted octanol–water partition coefficient (Wildman–Crippen LogP) is 1.97. The molecule has 86 valence electrons. The van der Waals surface area contributed by atoms with Crippen LogP contribution in [-0.2, 0) is 0 Å². The van der Waals surface area contributed by atoms with E-state index in [1.54, 1.807) is 6.33 Å². The van der Waals surface area contributed by atoms with Gasteiger partial charge in [0.15, 0.2) is 0 Å². The van der Waals surface area contributed by atoms with Gasteiger partial charge in [0.1, 0.15) is 6.33 Å². The van der Waals surface area contributed by atoms with Gasteiger partial charge in [-0.05, 0) is 62.1 Å². The zero-order valence-electron chi connectivity index (χ0n) is 9.60. The van der Waals surface area contributed by atoms with E-state index in [2.05, 4.69) is 15.3 Å². The summed E-state index contributed by atoms with van der Waals surface area (Å²) in [5, 5.41) is 3.53. The Morgan fingerprint density at radius 1 is 1.06 bits per heavy atom. The second kappa shape index (κ2) is 4.50. The number of nitrogens with one attached hydrogen (secondary N) is 1. The third-order valence-corrected chi connectivity index (χ3v) is 4.22. The highest BCUT2D eigenvalue weighted by Crippen LogP contribution is 2.45. The molecule has 2 heterocycles. The fraction of sp³-hybridized carbons (Fsp3) is 0.692. The summed E-state index contributed by atoms with van der Waals surface area (Å²) in [6.07, 6.45) is 11.1. The summed E-state index contributed by atoms with van der Waals surface area (Å²) in [6, 6.07) is 0. The van der Waals surface area contributed by atoms with Gasteiger partial charge in [0, 0.05) is 12.4 Å². The lowest BCUT2D eigenvalue weighted by Gasteiger charge is -2.20. The zero-order valence-corrected chi connectivity index (χ0v) is 9.60. The first-order valence-electron chi connectivity index (χ1n) is 6.39. The van der Waals surface area contributed by atoms with Crippen LogP contribution in [0.4, 0.5) is 0 Å². The smallest absolute Gasteiger partial charge is 0.115 e. The maximum Gasteiger partial charge on any atom is 0.115 e. The number of fused-ring (bicyclic) bond motifs is 2. The van der Waals surface area contributed by atoms with Crippen molar-refractivity contribution < 1.29 is 0 Å². The second-order valence-electron chi connectivity index (χ2n) is 5.20. The van der Waals surface area contributed by atoms with Crippen molar-refractivity contribution in [2.45, 2.75) is 31.6 Å². The fourth-order valence-corrected chi connectivity index (χ4v) is 3.42. The Labute approximate surface area is 96.7 Å². The van der Waals surface area contributed by atoms with Gasteiger partial charge in [0.05, 0.1) is 0 Å². The van der Waals surface area contributed by atoms with E-state index in [4.69, 9.17) is 0 Å². The summed E-state index contributed by atoms with van der Waals surface area (Å²) in [5.74, 6) is 2.48. The van der Waals surface area contributed by atoms with Crippen LogP contribution in [0.1, 0.15) is 37.2 Å². The van der Waals surface area contributed by atoms with Crippen molar-refractivity contribution in [1.82, 2.24) is 15.3 Å². The monoisotopic (exact) mass is 217 g/mol. The third-order valence-electron chi connectivity index (χ3n) is 4.22. The highest BCUT2D eigenvalue weighted by Gasteiger charge is 2.35. The Hall–Kier alpha value is -0.960. The molecule has 1 saturated heterocycles. The Bertz CT molecular complexity index is 338. The molecule has 3 atom stereocenters. The summed E-state index contributed by atoms with van der Waals surface area (Å²) in [7, 11) is 0. The fourth-order valence-electron chi connectivity index (χ4n) is 3.42. The van der Waals surface area contributed by atoms with Crippen molar-refractivity contribution in [3.63, 3.8) is 0 Å². The van der Waals surface area contributed by atoms with E-state index in [1.807, 2.05) is 12.4 Å². The van der Waals surface area contributed by atoms with Crippen LogP contribution < -0.4 is 5.32 Å². The van der Waals surface area contributed by atoms with Gasteiger partial charge in [0.25, 0.3) is 0 Å². The van der Waals surface area contributed by atoms with Gasteiger partial charge >= 0.3 is 0 Å². The molecule has 2 bridgehead atoms. The number of hydrogen-bond acceptors (Lipinski definition) is 3. The molecule has 16 heavy (non-hydrogen) atoms. The van der Waals surface area contributed by atoms with Gasteiger partial charge in [-0.3, -0.25) is 0 Å². The minimum Gasteiger partial charge on any atom is -0.317 e. The largest absolute Gasteiger partial charge is 0.317 e. The van der Waals surface area contributed by atoms with E-state index in [1.165, 1.54) is 44.3 Å². The molecule has 1 aliphatic carbocycles. The van der Waals surface area contributed by atoms with Crippen LogP contribution in [0.5, 0.6) is 0 Å². The molecule has 1 aromatic rings. The zero-order chi connectivity index (χ0) is 10.8. The second-order valence-corrected chi connectivity index (χ2v) is 5.20. The number of rotatable bonds is 1. The number of hydrogen-bond donors (Lipinski definition) is 1. The molecule has 0 aromatic carbocycles. The minimum absolute atomic E-state index is 0.714. The van der Waals surface area contributed by atoms with E-state index in [-0.39, 0.29) is 0 Å². The molecule has 1 aromatic heterocycles. The van der Waals surface area contributed by atoms with Crippen molar-refractivity contribution in [3.05, 3.63) is 24.3 Å². The van der Waals surface area contributed by atoms with Crippen molar-refractivity contribution in [2.24, 2.45) is 11.8 Å². The average molecular weight is 217 g/mol. The van der Waals surface area contributed by atoms with Crippen molar-refractivity contribution in [1.29, 1.82) is 0 Å². The molecule has 1 N–H and O–H groups in total. The standard InChI is InChI=1S/C13H19N3/c1-3-14-4-2-11-5-10(1)6-13(11)12-7-15-9-16-8-12/h7-11,13-14H,1-6H2. The molecular formula is C13H19N3.